The van der Waals surface area contributed by atoms with Crippen molar-refractivity contribution in [1.29, 1.82) is 0 Å². The van der Waals surface area contributed by atoms with Crippen LogP contribution in [0.3, 0.4) is 0 Å². The number of benzene rings is 1. The van der Waals surface area contributed by atoms with Gasteiger partial charge in [-0.05, 0) is 24.5 Å². The highest BCUT2D eigenvalue weighted by Crippen LogP contribution is 2.28. The van der Waals surface area contributed by atoms with E-state index in [0.717, 1.165) is 6.42 Å². The molecular weight excluding hydrogens is 266 g/mol. The number of allylic oxidation sites excluding steroid dienone is 1. The zero-order valence-electron chi connectivity index (χ0n) is 12.2. The number of amides is 1. The molecular formula is C16H19N3O2. The predicted molar refractivity (Wildman–Crippen MR) is 80.6 cm³/mol. The molecule has 0 spiro atoms. The van der Waals surface area contributed by atoms with Gasteiger partial charge in [0.2, 0.25) is 17.6 Å². The monoisotopic (exact) mass is 285 g/mol. The second-order valence-electron chi connectivity index (χ2n) is 5.28. The predicted octanol–water partition coefficient (Wildman–Crippen LogP) is 3.15. The number of aromatic nitrogens is 2. The third kappa shape index (κ3) is 3.37. The summed E-state index contributed by atoms with van der Waals surface area (Å²) in [6.45, 7) is 7.97. The topological polar surface area (TPSA) is 82.0 Å². The zero-order valence-corrected chi connectivity index (χ0v) is 12.2. The van der Waals surface area contributed by atoms with Crippen molar-refractivity contribution < 1.29 is 9.32 Å². The summed E-state index contributed by atoms with van der Waals surface area (Å²) in [6.07, 6.45) is 2.63. The molecule has 21 heavy (non-hydrogen) atoms. The molecule has 0 aliphatic rings. The Bertz CT molecular complexity index is 646. The molecule has 1 aromatic heterocycles. The largest absolute Gasteiger partial charge is 0.366 e. The van der Waals surface area contributed by atoms with E-state index in [2.05, 4.69) is 30.6 Å². The van der Waals surface area contributed by atoms with Crippen LogP contribution >= 0.6 is 0 Å². The summed E-state index contributed by atoms with van der Waals surface area (Å²) in [5, 5.41) is 4.00. The highest BCUT2D eigenvalue weighted by Gasteiger charge is 2.21. The second-order valence-corrected chi connectivity index (χ2v) is 5.28. The number of nitrogens with two attached hydrogens (primary N) is 1. The molecule has 2 rings (SSSR count). The van der Waals surface area contributed by atoms with Gasteiger partial charge in [-0.15, -0.1) is 6.58 Å². The molecule has 2 aromatic rings. The van der Waals surface area contributed by atoms with E-state index in [-0.39, 0.29) is 5.92 Å². The fourth-order valence-electron chi connectivity index (χ4n) is 2.15. The minimum Gasteiger partial charge on any atom is -0.366 e. The van der Waals surface area contributed by atoms with E-state index < -0.39 is 5.91 Å². The first-order valence-corrected chi connectivity index (χ1v) is 6.87. The Morgan fingerprint density at radius 2 is 2.24 bits per heavy atom. The molecule has 0 bridgehead atoms. The minimum absolute atomic E-state index is 0.142. The van der Waals surface area contributed by atoms with E-state index in [0.29, 0.717) is 28.8 Å². The number of hydrogen-bond donors (Lipinski definition) is 1. The minimum atomic E-state index is -0.479. The lowest BCUT2D eigenvalue weighted by atomic mass is 9.92. The van der Waals surface area contributed by atoms with Crippen molar-refractivity contribution in [3.8, 4) is 11.4 Å². The summed E-state index contributed by atoms with van der Waals surface area (Å²) < 4.78 is 5.37. The molecule has 0 saturated heterocycles. The molecule has 1 heterocycles. The van der Waals surface area contributed by atoms with Crippen LogP contribution in [-0.2, 0) is 0 Å². The van der Waals surface area contributed by atoms with Gasteiger partial charge in [-0.3, -0.25) is 4.79 Å². The van der Waals surface area contributed by atoms with E-state index in [9.17, 15) is 4.79 Å². The molecule has 0 saturated carbocycles. The Kier molecular flexibility index (Phi) is 4.52. The number of carbonyl (C=O) groups is 1. The number of carbonyl (C=O) groups excluding carboxylic acids is 1. The maximum Gasteiger partial charge on any atom is 0.248 e. The van der Waals surface area contributed by atoms with Gasteiger partial charge in [0.25, 0.3) is 0 Å². The summed E-state index contributed by atoms with van der Waals surface area (Å²) in [5.74, 6) is 1.08. The van der Waals surface area contributed by atoms with Crippen molar-refractivity contribution in [2.45, 2.75) is 26.2 Å². The van der Waals surface area contributed by atoms with Gasteiger partial charge in [-0.2, -0.15) is 4.98 Å². The first-order valence-electron chi connectivity index (χ1n) is 6.87. The number of primary amides is 1. The molecule has 2 N–H and O–H groups in total. The summed E-state index contributed by atoms with van der Waals surface area (Å²) in [7, 11) is 0. The van der Waals surface area contributed by atoms with E-state index in [4.69, 9.17) is 10.3 Å². The number of hydrogen-bond acceptors (Lipinski definition) is 4. The number of nitrogens with zero attached hydrogens (tertiary/aromatic N) is 2. The highest BCUT2D eigenvalue weighted by atomic mass is 16.5. The average molecular weight is 285 g/mol. The van der Waals surface area contributed by atoms with E-state index in [1.165, 1.54) is 0 Å². The highest BCUT2D eigenvalue weighted by molar-refractivity contribution is 5.93. The normalized spacial score (nSPS) is 12.3. The molecule has 1 aromatic carbocycles. The molecule has 0 fully saturated rings. The maximum absolute atomic E-state index is 11.2. The quantitative estimate of drug-likeness (QED) is 0.826. The van der Waals surface area contributed by atoms with Gasteiger partial charge in [0.1, 0.15) is 0 Å². The maximum atomic E-state index is 11.2. The van der Waals surface area contributed by atoms with E-state index in [1.807, 2.05) is 12.1 Å². The van der Waals surface area contributed by atoms with Crippen molar-refractivity contribution in [1.82, 2.24) is 10.1 Å². The fourth-order valence-corrected chi connectivity index (χ4v) is 2.15. The van der Waals surface area contributed by atoms with Crippen LogP contribution in [0, 0.1) is 5.92 Å². The second kappa shape index (κ2) is 6.35. The third-order valence-electron chi connectivity index (χ3n) is 3.39. The molecule has 5 nitrogen and oxygen atoms in total. The molecule has 1 unspecified atom stereocenters. The summed E-state index contributed by atoms with van der Waals surface area (Å²) in [4.78, 5) is 15.7. The molecule has 0 aliphatic carbocycles. The molecule has 1 amide bonds. The van der Waals surface area contributed by atoms with E-state index in [1.54, 1.807) is 18.2 Å². The fraction of sp³-hybridized carbons (Fsp3) is 0.312. The van der Waals surface area contributed by atoms with Gasteiger partial charge >= 0.3 is 0 Å². The van der Waals surface area contributed by atoms with Gasteiger partial charge in [0.05, 0.1) is 0 Å². The third-order valence-corrected chi connectivity index (χ3v) is 3.39. The first kappa shape index (κ1) is 15.0. The van der Waals surface area contributed by atoms with Crippen molar-refractivity contribution in [2.24, 2.45) is 11.7 Å². The van der Waals surface area contributed by atoms with Crippen molar-refractivity contribution >= 4 is 5.91 Å². The first-order chi connectivity index (χ1) is 10.0. The van der Waals surface area contributed by atoms with E-state index >= 15 is 0 Å². The van der Waals surface area contributed by atoms with Gasteiger partial charge in [-0.25, -0.2) is 0 Å². The van der Waals surface area contributed by atoms with Gasteiger partial charge in [-0.1, -0.05) is 37.2 Å². The van der Waals surface area contributed by atoms with Crippen LogP contribution in [-0.4, -0.2) is 16.0 Å². The summed E-state index contributed by atoms with van der Waals surface area (Å²) >= 11 is 0. The van der Waals surface area contributed by atoms with Crippen LogP contribution in [0.15, 0.2) is 41.4 Å². The molecule has 1 atom stereocenters. The molecule has 0 radical (unpaired) electrons. The molecule has 5 heteroatoms. The van der Waals surface area contributed by atoms with Gasteiger partial charge in [0, 0.05) is 17.0 Å². The summed E-state index contributed by atoms with van der Waals surface area (Å²) in [5.41, 5.74) is 6.41. The van der Waals surface area contributed by atoms with Crippen LogP contribution in [0.2, 0.25) is 0 Å². The number of rotatable bonds is 6. The standard InChI is InChI=1S/C16H19N3O2/c1-4-6-13(10(2)3)16-18-15(19-21-16)12-8-5-7-11(9-12)14(17)20/h4-5,7-10,13H,1,6H2,2-3H3,(H2,17,20). The molecule has 110 valence electrons. The van der Waals surface area contributed by atoms with Crippen LogP contribution in [0.5, 0.6) is 0 Å². The van der Waals surface area contributed by atoms with Crippen LogP contribution in [0.1, 0.15) is 42.4 Å². The van der Waals surface area contributed by atoms with Gasteiger partial charge in [0.15, 0.2) is 0 Å². The smallest absolute Gasteiger partial charge is 0.248 e. The Hall–Kier alpha value is -2.43. The molecule has 0 aliphatic heterocycles. The Morgan fingerprint density at radius 1 is 1.48 bits per heavy atom. The zero-order chi connectivity index (χ0) is 15.4. The lowest BCUT2D eigenvalue weighted by Gasteiger charge is -2.13. The van der Waals surface area contributed by atoms with Crippen molar-refractivity contribution in [2.75, 3.05) is 0 Å². The van der Waals surface area contributed by atoms with Crippen LogP contribution in [0.25, 0.3) is 11.4 Å². The Morgan fingerprint density at radius 3 is 2.86 bits per heavy atom. The van der Waals surface area contributed by atoms with Gasteiger partial charge < -0.3 is 10.3 Å². The Balaban J connectivity index is 2.33. The SMILES string of the molecule is C=CCC(c1nc(-c2cccc(C(N)=O)c2)no1)C(C)C. The van der Waals surface area contributed by atoms with Crippen molar-refractivity contribution in [3.63, 3.8) is 0 Å². The average Bonchev–Trinajstić information content (AvgIpc) is 2.94. The Labute approximate surface area is 123 Å². The summed E-state index contributed by atoms with van der Waals surface area (Å²) in [6, 6.07) is 6.88. The lowest BCUT2D eigenvalue weighted by Crippen LogP contribution is -2.10. The lowest BCUT2D eigenvalue weighted by molar-refractivity contribution is 0.100. The van der Waals surface area contributed by atoms with Crippen LogP contribution in [0.4, 0.5) is 0 Å². The van der Waals surface area contributed by atoms with Crippen molar-refractivity contribution in [3.05, 3.63) is 48.4 Å². The van der Waals surface area contributed by atoms with Crippen LogP contribution < -0.4 is 5.73 Å².